The second-order valence-electron chi connectivity index (χ2n) is 7.97. The van der Waals surface area contributed by atoms with Gasteiger partial charge in [0.2, 0.25) is 11.2 Å². The molecule has 5 aromatic rings. The SMILES string of the molecule is COc1ccc(-c2c(C)oc3cc(OC(=O)c4cc5cccc(OC)c5o4)ccc3c2=O)cc1OC. The Morgan fingerprint density at radius 2 is 1.58 bits per heavy atom. The number of hydrogen-bond acceptors (Lipinski definition) is 8. The van der Waals surface area contributed by atoms with E-state index >= 15 is 0 Å². The molecule has 0 fully saturated rings. The van der Waals surface area contributed by atoms with Gasteiger partial charge in [0.15, 0.2) is 22.8 Å². The molecule has 0 saturated heterocycles. The number of hydrogen-bond donors (Lipinski definition) is 0. The first-order valence-electron chi connectivity index (χ1n) is 11.0. The van der Waals surface area contributed by atoms with Crippen LogP contribution in [0.2, 0.25) is 0 Å². The predicted molar refractivity (Wildman–Crippen MR) is 133 cm³/mol. The molecule has 2 heterocycles. The number of carbonyl (C=O) groups excluding carboxylic acids is 1. The number of furan rings is 1. The topological polar surface area (TPSA) is 97.3 Å². The lowest BCUT2D eigenvalue weighted by Crippen LogP contribution is -2.09. The molecule has 0 unspecified atom stereocenters. The molecule has 0 spiro atoms. The summed E-state index contributed by atoms with van der Waals surface area (Å²) in [4.78, 5) is 26.1. The number of rotatable bonds is 6. The Kier molecular flexibility index (Phi) is 5.85. The highest BCUT2D eigenvalue weighted by molar-refractivity contribution is 5.95. The summed E-state index contributed by atoms with van der Waals surface area (Å²) >= 11 is 0. The Balaban J connectivity index is 1.49. The molecule has 0 N–H and O–H groups in total. The van der Waals surface area contributed by atoms with Gasteiger partial charge >= 0.3 is 5.97 Å². The minimum absolute atomic E-state index is 0.0241. The number of esters is 1. The minimum Gasteiger partial charge on any atom is -0.493 e. The molecule has 182 valence electrons. The summed E-state index contributed by atoms with van der Waals surface area (Å²) in [6.07, 6.45) is 0. The van der Waals surface area contributed by atoms with Crippen LogP contribution in [0.15, 0.2) is 74.3 Å². The molecular formula is C28H22O8. The Morgan fingerprint density at radius 3 is 2.33 bits per heavy atom. The summed E-state index contributed by atoms with van der Waals surface area (Å²) < 4.78 is 33.0. The van der Waals surface area contributed by atoms with Gasteiger partial charge < -0.3 is 27.8 Å². The molecule has 0 saturated carbocycles. The smallest absolute Gasteiger partial charge is 0.379 e. The molecule has 0 aliphatic carbocycles. The van der Waals surface area contributed by atoms with Crippen LogP contribution in [0.5, 0.6) is 23.0 Å². The van der Waals surface area contributed by atoms with Crippen molar-refractivity contribution < 1.29 is 32.6 Å². The maximum absolute atomic E-state index is 13.4. The molecule has 2 aromatic heterocycles. The average molecular weight is 486 g/mol. The van der Waals surface area contributed by atoms with Gasteiger partial charge in [-0.2, -0.15) is 0 Å². The van der Waals surface area contributed by atoms with Gasteiger partial charge in [-0.25, -0.2) is 4.79 Å². The molecule has 0 atom stereocenters. The van der Waals surface area contributed by atoms with E-state index in [1.54, 1.807) is 56.5 Å². The Bertz CT molecular complexity index is 1680. The van der Waals surface area contributed by atoms with E-state index in [9.17, 15) is 9.59 Å². The standard InChI is InChI=1S/C28H22O8/c1-15-25(16-8-11-20(31-2)23(12-16)33-4)26(29)19-10-9-18(14-22(19)34-15)35-28(30)24-13-17-6-5-7-21(32-3)27(17)36-24/h5-14H,1-4H3. The van der Waals surface area contributed by atoms with Gasteiger partial charge in [0, 0.05) is 11.5 Å². The fraction of sp³-hybridized carbons (Fsp3) is 0.143. The van der Waals surface area contributed by atoms with Crippen LogP contribution >= 0.6 is 0 Å². The second-order valence-corrected chi connectivity index (χ2v) is 7.97. The normalized spacial score (nSPS) is 11.0. The molecule has 0 aliphatic heterocycles. The third-order valence-corrected chi connectivity index (χ3v) is 5.85. The van der Waals surface area contributed by atoms with Crippen molar-refractivity contribution in [3.63, 3.8) is 0 Å². The van der Waals surface area contributed by atoms with Gasteiger partial charge in [-0.3, -0.25) is 4.79 Å². The molecule has 8 heteroatoms. The van der Waals surface area contributed by atoms with Crippen molar-refractivity contribution >= 4 is 27.9 Å². The fourth-order valence-electron chi connectivity index (χ4n) is 4.13. The van der Waals surface area contributed by atoms with Gasteiger partial charge in [0.05, 0.1) is 32.3 Å². The Labute approximate surface area is 205 Å². The maximum atomic E-state index is 13.4. The van der Waals surface area contributed by atoms with E-state index in [-0.39, 0.29) is 16.9 Å². The summed E-state index contributed by atoms with van der Waals surface area (Å²) in [5.74, 6) is 1.52. The van der Waals surface area contributed by atoms with Crippen molar-refractivity contribution in [2.24, 2.45) is 0 Å². The third kappa shape index (κ3) is 3.92. The first-order valence-corrected chi connectivity index (χ1v) is 11.0. The number of para-hydroxylation sites is 1. The molecular weight excluding hydrogens is 464 g/mol. The van der Waals surface area contributed by atoms with Gasteiger partial charge in [-0.15, -0.1) is 0 Å². The number of ether oxygens (including phenoxy) is 4. The highest BCUT2D eigenvalue weighted by atomic mass is 16.5. The van der Waals surface area contributed by atoms with E-state index in [4.69, 9.17) is 27.8 Å². The van der Waals surface area contributed by atoms with Gasteiger partial charge in [0.25, 0.3) is 0 Å². The summed E-state index contributed by atoms with van der Waals surface area (Å²) in [7, 11) is 4.60. The van der Waals surface area contributed by atoms with E-state index in [2.05, 4.69) is 0 Å². The van der Waals surface area contributed by atoms with Gasteiger partial charge in [-0.05, 0) is 48.9 Å². The number of aryl methyl sites for hydroxylation is 1. The van der Waals surface area contributed by atoms with Gasteiger partial charge in [-0.1, -0.05) is 18.2 Å². The number of benzene rings is 3. The molecule has 0 radical (unpaired) electrons. The lowest BCUT2D eigenvalue weighted by atomic mass is 10.0. The Morgan fingerprint density at radius 1 is 0.806 bits per heavy atom. The van der Waals surface area contributed by atoms with E-state index < -0.39 is 5.97 Å². The predicted octanol–water partition coefficient (Wildman–Crippen LogP) is 5.76. The second kappa shape index (κ2) is 9.14. The molecule has 8 nitrogen and oxygen atoms in total. The van der Waals surface area contributed by atoms with Crippen molar-refractivity contribution in [3.05, 3.63) is 82.4 Å². The van der Waals surface area contributed by atoms with Crippen molar-refractivity contribution in [2.75, 3.05) is 21.3 Å². The summed E-state index contributed by atoms with van der Waals surface area (Å²) in [6.45, 7) is 1.70. The third-order valence-electron chi connectivity index (χ3n) is 5.85. The van der Waals surface area contributed by atoms with Crippen LogP contribution in [0.3, 0.4) is 0 Å². The van der Waals surface area contributed by atoms with Crippen LogP contribution in [-0.2, 0) is 0 Å². The summed E-state index contributed by atoms with van der Waals surface area (Å²) in [6, 6.07) is 16.8. The van der Waals surface area contributed by atoms with E-state index in [1.807, 2.05) is 6.07 Å². The zero-order chi connectivity index (χ0) is 25.4. The molecule has 36 heavy (non-hydrogen) atoms. The largest absolute Gasteiger partial charge is 0.493 e. The first kappa shape index (κ1) is 23.0. The zero-order valence-electron chi connectivity index (χ0n) is 20.0. The molecule has 5 rings (SSSR count). The van der Waals surface area contributed by atoms with Gasteiger partial charge in [0.1, 0.15) is 17.1 Å². The van der Waals surface area contributed by atoms with E-state index in [0.29, 0.717) is 56.1 Å². The number of methoxy groups -OCH3 is 3. The fourth-order valence-corrected chi connectivity index (χ4v) is 4.13. The Hall–Kier alpha value is -4.72. The van der Waals surface area contributed by atoms with Crippen molar-refractivity contribution in [1.29, 1.82) is 0 Å². The maximum Gasteiger partial charge on any atom is 0.379 e. The van der Waals surface area contributed by atoms with E-state index in [0.717, 1.165) is 0 Å². The number of fused-ring (bicyclic) bond motifs is 2. The van der Waals surface area contributed by atoms with Crippen LogP contribution in [0.1, 0.15) is 16.3 Å². The minimum atomic E-state index is -0.686. The molecule has 0 bridgehead atoms. The molecule has 3 aromatic carbocycles. The lowest BCUT2D eigenvalue weighted by Gasteiger charge is -2.11. The summed E-state index contributed by atoms with van der Waals surface area (Å²) in [5.41, 5.74) is 1.57. The highest BCUT2D eigenvalue weighted by Gasteiger charge is 2.19. The lowest BCUT2D eigenvalue weighted by molar-refractivity contribution is 0.0704. The van der Waals surface area contributed by atoms with E-state index in [1.165, 1.54) is 26.4 Å². The molecule has 0 amide bonds. The average Bonchev–Trinajstić information content (AvgIpc) is 3.33. The van der Waals surface area contributed by atoms with Crippen LogP contribution in [0, 0.1) is 6.92 Å². The van der Waals surface area contributed by atoms with Crippen molar-refractivity contribution in [3.8, 4) is 34.1 Å². The first-order chi connectivity index (χ1) is 17.4. The number of carbonyl (C=O) groups is 1. The van der Waals surface area contributed by atoms with Crippen LogP contribution in [0.4, 0.5) is 0 Å². The summed E-state index contributed by atoms with van der Waals surface area (Å²) in [5, 5.41) is 1.06. The van der Waals surface area contributed by atoms with Crippen molar-refractivity contribution in [2.45, 2.75) is 6.92 Å². The highest BCUT2D eigenvalue weighted by Crippen LogP contribution is 2.34. The zero-order valence-corrected chi connectivity index (χ0v) is 20.0. The van der Waals surface area contributed by atoms with Crippen LogP contribution in [0.25, 0.3) is 33.1 Å². The molecule has 0 aliphatic rings. The quantitative estimate of drug-likeness (QED) is 0.221. The monoisotopic (exact) mass is 486 g/mol. The van der Waals surface area contributed by atoms with Crippen molar-refractivity contribution in [1.82, 2.24) is 0 Å². The van der Waals surface area contributed by atoms with Crippen LogP contribution in [-0.4, -0.2) is 27.3 Å². The van der Waals surface area contributed by atoms with Crippen LogP contribution < -0.4 is 24.4 Å².